The van der Waals surface area contributed by atoms with E-state index in [-0.39, 0.29) is 6.61 Å². The first-order chi connectivity index (χ1) is 10.8. The molecule has 2 heterocycles. The van der Waals surface area contributed by atoms with Crippen LogP contribution in [0.2, 0.25) is 0 Å². The van der Waals surface area contributed by atoms with Crippen molar-refractivity contribution in [3.05, 3.63) is 47.5 Å². The molecule has 0 amide bonds. The van der Waals surface area contributed by atoms with Gasteiger partial charge in [0.05, 0.1) is 6.61 Å². The van der Waals surface area contributed by atoms with Crippen molar-refractivity contribution < 1.29 is 5.11 Å². The topological polar surface area (TPSA) is 54.2 Å². The highest BCUT2D eigenvalue weighted by molar-refractivity contribution is 5.22. The molecule has 0 aliphatic carbocycles. The normalized spacial score (nSPS) is 17.0. The van der Waals surface area contributed by atoms with Gasteiger partial charge in [-0.2, -0.15) is 0 Å². The highest BCUT2D eigenvalue weighted by Crippen LogP contribution is 2.27. The third-order valence-electron chi connectivity index (χ3n) is 4.55. The van der Waals surface area contributed by atoms with Crippen LogP contribution in [-0.2, 0) is 19.7 Å². The van der Waals surface area contributed by atoms with Crippen molar-refractivity contribution in [2.24, 2.45) is 0 Å². The SMILES string of the molecule is CCn1cnnc1C1CCN(Cc2ccc(CO)cc2)CC1. The molecule has 0 unspecified atom stereocenters. The van der Waals surface area contributed by atoms with Gasteiger partial charge < -0.3 is 9.67 Å². The van der Waals surface area contributed by atoms with Crippen molar-refractivity contribution in [3.63, 3.8) is 0 Å². The quantitative estimate of drug-likeness (QED) is 0.919. The molecule has 1 aromatic carbocycles. The molecule has 1 fully saturated rings. The fourth-order valence-corrected chi connectivity index (χ4v) is 3.18. The molecule has 1 saturated heterocycles. The standard InChI is InChI=1S/C17H24N4O/c1-2-21-13-18-19-17(21)16-7-9-20(10-8-16)11-14-3-5-15(12-22)6-4-14/h3-6,13,16,22H,2,7-12H2,1H3. The Morgan fingerprint density at radius 1 is 1.14 bits per heavy atom. The summed E-state index contributed by atoms with van der Waals surface area (Å²) < 4.78 is 2.16. The number of rotatable bonds is 5. The first-order valence-corrected chi connectivity index (χ1v) is 8.09. The van der Waals surface area contributed by atoms with E-state index in [1.165, 1.54) is 5.56 Å². The Balaban J connectivity index is 1.55. The maximum absolute atomic E-state index is 9.09. The van der Waals surface area contributed by atoms with Crippen LogP contribution in [0.1, 0.15) is 42.6 Å². The van der Waals surface area contributed by atoms with Crippen molar-refractivity contribution in [1.82, 2.24) is 19.7 Å². The van der Waals surface area contributed by atoms with Gasteiger partial charge in [-0.25, -0.2) is 0 Å². The average Bonchev–Trinajstić information content (AvgIpc) is 3.05. The molecule has 118 valence electrons. The van der Waals surface area contributed by atoms with E-state index in [1.54, 1.807) is 0 Å². The molecular weight excluding hydrogens is 276 g/mol. The summed E-state index contributed by atoms with van der Waals surface area (Å²) in [6.07, 6.45) is 4.13. The number of hydrogen-bond donors (Lipinski definition) is 1. The maximum atomic E-state index is 9.09. The molecule has 5 nitrogen and oxygen atoms in total. The highest BCUT2D eigenvalue weighted by atomic mass is 16.3. The summed E-state index contributed by atoms with van der Waals surface area (Å²) in [5, 5.41) is 17.4. The molecule has 1 aromatic heterocycles. The van der Waals surface area contributed by atoms with E-state index >= 15 is 0 Å². The zero-order chi connectivity index (χ0) is 15.4. The predicted octanol–water partition coefficient (Wildman–Crippen LogP) is 2.17. The number of aliphatic hydroxyl groups excluding tert-OH is 1. The molecule has 0 bridgehead atoms. The molecule has 2 aromatic rings. The van der Waals surface area contributed by atoms with Gasteiger partial charge in [-0.3, -0.25) is 4.90 Å². The third kappa shape index (κ3) is 3.36. The van der Waals surface area contributed by atoms with Gasteiger partial charge in [0.15, 0.2) is 0 Å². The van der Waals surface area contributed by atoms with Gasteiger partial charge in [0.25, 0.3) is 0 Å². The molecule has 1 aliphatic rings. The highest BCUT2D eigenvalue weighted by Gasteiger charge is 2.24. The Morgan fingerprint density at radius 2 is 1.82 bits per heavy atom. The number of aromatic nitrogens is 3. The van der Waals surface area contributed by atoms with Crippen LogP contribution >= 0.6 is 0 Å². The Hall–Kier alpha value is -1.72. The van der Waals surface area contributed by atoms with E-state index in [2.05, 4.69) is 38.7 Å². The molecule has 0 atom stereocenters. The second kappa shape index (κ2) is 7.03. The van der Waals surface area contributed by atoms with Gasteiger partial charge in [-0.05, 0) is 44.0 Å². The Morgan fingerprint density at radius 3 is 2.45 bits per heavy atom. The van der Waals surface area contributed by atoms with Crippen LogP contribution in [0.25, 0.3) is 0 Å². The van der Waals surface area contributed by atoms with Crippen LogP contribution in [0, 0.1) is 0 Å². The summed E-state index contributed by atoms with van der Waals surface area (Å²) in [5.74, 6) is 1.69. The van der Waals surface area contributed by atoms with Crippen molar-refractivity contribution in [3.8, 4) is 0 Å². The third-order valence-corrected chi connectivity index (χ3v) is 4.55. The number of aliphatic hydroxyl groups is 1. The Bertz CT molecular complexity index is 585. The number of benzene rings is 1. The van der Waals surface area contributed by atoms with Crippen LogP contribution in [-0.4, -0.2) is 37.9 Å². The fraction of sp³-hybridized carbons (Fsp3) is 0.529. The molecule has 1 aliphatic heterocycles. The van der Waals surface area contributed by atoms with E-state index in [4.69, 9.17) is 5.11 Å². The van der Waals surface area contributed by atoms with Crippen LogP contribution in [0.4, 0.5) is 0 Å². The van der Waals surface area contributed by atoms with E-state index in [9.17, 15) is 0 Å². The van der Waals surface area contributed by atoms with E-state index in [0.717, 1.165) is 50.4 Å². The van der Waals surface area contributed by atoms with Crippen molar-refractivity contribution in [1.29, 1.82) is 0 Å². The lowest BCUT2D eigenvalue weighted by Gasteiger charge is -2.31. The fourth-order valence-electron chi connectivity index (χ4n) is 3.18. The molecule has 5 heteroatoms. The monoisotopic (exact) mass is 300 g/mol. The number of likely N-dealkylation sites (tertiary alicyclic amines) is 1. The van der Waals surface area contributed by atoms with Gasteiger partial charge in [0.2, 0.25) is 0 Å². The minimum atomic E-state index is 0.115. The van der Waals surface area contributed by atoms with Crippen molar-refractivity contribution in [2.75, 3.05) is 13.1 Å². The van der Waals surface area contributed by atoms with Crippen molar-refractivity contribution >= 4 is 0 Å². The average molecular weight is 300 g/mol. The van der Waals surface area contributed by atoms with E-state index < -0.39 is 0 Å². The van der Waals surface area contributed by atoms with Gasteiger partial charge in [0, 0.05) is 19.0 Å². The van der Waals surface area contributed by atoms with Crippen LogP contribution in [0.15, 0.2) is 30.6 Å². The lowest BCUT2D eigenvalue weighted by molar-refractivity contribution is 0.200. The molecule has 0 radical (unpaired) electrons. The first kappa shape index (κ1) is 15.2. The van der Waals surface area contributed by atoms with Gasteiger partial charge >= 0.3 is 0 Å². The minimum Gasteiger partial charge on any atom is -0.392 e. The largest absolute Gasteiger partial charge is 0.392 e. The maximum Gasteiger partial charge on any atom is 0.135 e. The summed E-state index contributed by atoms with van der Waals surface area (Å²) in [6, 6.07) is 8.24. The second-order valence-corrected chi connectivity index (χ2v) is 6.00. The summed E-state index contributed by atoms with van der Waals surface area (Å²) in [6.45, 7) is 6.38. The number of piperidine rings is 1. The first-order valence-electron chi connectivity index (χ1n) is 8.09. The molecule has 22 heavy (non-hydrogen) atoms. The van der Waals surface area contributed by atoms with Gasteiger partial charge in [0.1, 0.15) is 12.2 Å². The summed E-state index contributed by atoms with van der Waals surface area (Å²) >= 11 is 0. The minimum absolute atomic E-state index is 0.115. The summed E-state index contributed by atoms with van der Waals surface area (Å²) in [4.78, 5) is 2.50. The van der Waals surface area contributed by atoms with Gasteiger partial charge in [-0.15, -0.1) is 10.2 Å². The molecular formula is C17H24N4O. The summed E-state index contributed by atoms with van der Waals surface area (Å²) in [7, 11) is 0. The Labute approximate surface area is 131 Å². The zero-order valence-corrected chi connectivity index (χ0v) is 13.1. The Kier molecular flexibility index (Phi) is 4.85. The summed E-state index contributed by atoms with van der Waals surface area (Å²) in [5.41, 5.74) is 2.29. The lowest BCUT2D eigenvalue weighted by atomic mass is 9.95. The number of hydrogen-bond acceptors (Lipinski definition) is 4. The zero-order valence-electron chi connectivity index (χ0n) is 13.1. The lowest BCUT2D eigenvalue weighted by Crippen LogP contribution is -2.33. The smallest absolute Gasteiger partial charge is 0.135 e. The van der Waals surface area contributed by atoms with E-state index in [1.807, 2.05) is 18.5 Å². The van der Waals surface area contributed by atoms with Crippen LogP contribution < -0.4 is 0 Å². The van der Waals surface area contributed by atoms with Crippen LogP contribution in [0.5, 0.6) is 0 Å². The van der Waals surface area contributed by atoms with Crippen LogP contribution in [0.3, 0.4) is 0 Å². The second-order valence-electron chi connectivity index (χ2n) is 6.00. The number of nitrogens with zero attached hydrogens (tertiary/aromatic N) is 4. The molecule has 0 saturated carbocycles. The molecule has 0 spiro atoms. The van der Waals surface area contributed by atoms with Gasteiger partial charge in [-0.1, -0.05) is 24.3 Å². The number of aryl methyl sites for hydroxylation is 1. The van der Waals surface area contributed by atoms with E-state index in [0.29, 0.717) is 5.92 Å². The molecule has 3 rings (SSSR count). The molecule has 1 N–H and O–H groups in total. The van der Waals surface area contributed by atoms with Crippen molar-refractivity contribution in [2.45, 2.75) is 45.4 Å². The predicted molar refractivity (Wildman–Crippen MR) is 85.3 cm³/mol.